The maximum atomic E-state index is 12.6. The highest BCUT2D eigenvalue weighted by atomic mass is 32.1. The van der Waals surface area contributed by atoms with E-state index in [1.165, 1.54) is 11.3 Å². The van der Waals surface area contributed by atoms with Crippen LogP contribution in [0.25, 0.3) is 11.1 Å². The number of aromatic nitrogens is 1. The highest BCUT2D eigenvalue weighted by molar-refractivity contribution is 7.14. The molecule has 0 fully saturated rings. The van der Waals surface area contributed by atoms with E-state index in [4.69, 9.17) is 0 Å². The Bertz CT molecular complexity index is 1220. The fourth-order valence-electron chi connectivity index (χ4n) is 3.16. The molecule has 0 aliphatic rings. The van der Waals surface area contributed by atoms with Crippen LogP contribution in [0.4, 0.5) is 21.3 Å². The number of hydrogen-bond acceptors (Lipinski definition) is 4. The third kappa shape index (κ3) is 5.59. The molecule has 3 aromatic carbocycles. The number of para-hydroxylation sites is 1. The van der Waals surface area contributed by atoms with Gasteiger partial charge >= 0.3 is 6.03 Å². The van der Waals surface area contributed by atoms with Gasteiger partial charge in [-0.1, -0.05) is 66.2 Å². The number of urea groups is 1. The first-order valence-corrected chi connectivity index (χ1v) is 11.0. The Morgan fingerprint density at radius 2 is 1.56 bits per heavy atom. The molecule has 0 bridgehead atoms. The van der Waals surface area contributed by atoms with E-state index in [2.05, 4.69) is 20.9 Å². The van der Waals surface area contributed by atoms with E-state index in [9.17, 15) is 9.59 Å². The van der Waals surface area contributed by atoms with Crippen LogP contribution in [0.5, 0.6) is 0 Å². The lowest BCUT2D eigenvalue weighted by molar-refractivity contribution is -0.115. The van der Waals surface area contributed by atoms with Crippen LogP contribution in [0.1, 0.15) is 11.3 Å². The molecule has 6 nitrogen and oxygen atoms in total. The van der Waals surface area contributed by atoms with Crippen LogP contribution in [0.3, 0.4) is 0 Å². The molecule has 160 valence electrons. The smallest absolute Gasteiger partial charge is 0.325 e. The number of carbonyl (C=O) groups is 2. The van der Waals surface area contributed by atoms with Crippen molar-refractivity contribution in [3.05, 3.63) is 95.5 Å². The van der Waals surface area contributed by atoms with Gasteiger partial charge in [-0.05, 0) is 30.7 Å². The Kier molecular flexibility index (Phi) is 6.57. The number of nitrogens with one attached hydrogen (secondary N) is 3. The maximum Gasteiger partial charge on any atom is 0.325 e. The van der Waals surface area contributed by atoms with Gasteiger partial charge in [-0.3, -0.25) is 10.1 Å². The molecule has 0 saturated carbocycles. The van der Waals surface area contributed by atoms with Crippen molar-refractivity contribution in [1.82, 2.24) is 4.98 Å². The number of aryl methyl sites for hydroxylation is 1. The van der Waals surface area contributed by atoms with Crippen molar-refractivity contribution in [1.29, 1.82) is 0 Å². The number of hydrogen-bond donors (Lipinski definition) is 3. The van der Waals surface area contributed by atoms with Crippen molar-refractivity contribution < 1.29 is 9.59 Å². The van der Waals surface area contributed by atoms with E-state index >= 15 is 0 Å². The fourth-order valence-corrected chi connectivity index (χ4v) is 3.87. The normalized spacial score (nSPS) is 10.4. The van der Waals surface area contributed by atoms with Crippen LogP contribution < -0.4 is 16.0 Å². The SMILES string of the molecule is Cc1ccc(NC(=O)Nc2nc(CC(=O)Nc3ccccc3-c3ccccc3)cs2)cc1. The molecule has 0 atom stereocenters. The highest BCUT2D eigenvalue weighted by Crippen LogP contribution is 2.27. The Balaban J connectivity index is 1.35. The van der Waals surface area contributed by atoms with E-state index in [0.717, 1.165) is 22.4 Å². The number of carbonyl (C=O) groups excluding carboxylic acids is 2. The summed E-state index contributed by atoms with van der Waals surface area (Å²) in [5.41, 5.74) is 5.13. The van der Waals surface area contributed by atoms with Crippen LogP contribution in [-0.4, -0.2) is 16.9 Å². The number of rotatable bonds is 6. The first-order valence-electron chi connectivity index (χ1n) is 10.1. The van der Waals surface area contributed by atoms with Gasteiger partial charge in [0.1, 0.15) is 0 Å². The fraction of sp³-hybridized carbons (Fsp3) is 0.0800. The molecule has 0 radical (unpaired) electrons. The van der Waals surface area contributed by atoms with E-state index in [1.54, 1.807) is 5.38 Å². The number of anilines is 3. The van der Waals surface area contributed by atoms with E-state index in [1.807, 2.05) is 85.8 Å². The number of thiazole rings is 1. The summed E-state index contributed by atoms with van der Waals surface area (Å²) in [6.45, 7) is 1.98. The minimum atomic E-state index is -0.379. The first-order chi connectivity index (χ1) is 15.6. The van der Waals surface area contributed by atoms with Crippen molar-refractivity contribution in [2.45, 2.75) is 13.3 Å². The van der Waals surface area contributed by atoms with Gasteiger partial charge in [0.05, 0.1) is 12.1 Å². The average molecular weight is 443 g/mol. The molecule has 3 N–H and O–H groups in total. The number of nitrogens with zero attached hydrogens (tertiary/aromatic N) is 1. The van der Waals surface area contributed by atoms with Gasteiger partial charge in [0.25, 0.3) is 0 Å². The summed E-state index contributed by atoms with van der Waals surface area (Å²) >= 11 is 1.28. The first kappa shape index (κ1) is 21.3. The van der Waals surface area contributed by atoms with Crippen molar-refractivity contribution >= 4 is 39.8 Å². The molecular weight excluding hydrogens is 420 g/mol. The Morgan fingerprint density at radius 1 is 0.844 bits per heavy atom. The Morgan fingerprint density at radius 3 is 2.34 bits per heavy atom. The van der Waals surface area contributed by atoms with Gasteiger partial charge in [-0.15, -0.1) is 11.3 Å². The van der Waals surface area contributed by atoms with Crippen LogP contribution >= 0.6 is 11.3 Å². The van der Waals surface area contributed by atoms with Gasteiger partial charge in [0.2, 0.25) is 5.91 Å². The lowest BCUT2D eigenvalue weighted by Crippen LogP contribution is -2.19. The molecule has 0 aliphatic heterocycles. The minimum absolute atomic E-state index is 0.112. The quantitative estimate of drug-likeness (QED) is 0.345. The van der Waals surface area contributed by atoms with E-state index < -0.39 is 0 Å². The second kappa shape index (κ2) is 9.89. The lowest BCUT2D eigenvalue weighted by atomic mass is 10.0. The standard InChI is InChI=1S/C25H22N4O2S/c1-17-11-13-19(14-12-17)26-24(31)29-25-27-20(16-32-25)15-23(30)28-22-10-6-5-9-21(22)18-7-3-2-4-8-18/h2-14,16H,15H2,1H3,(H,28,30)(H2,26,27,29,31). The Hall–Kier alpha value is -3.97. The summed E-state index contributed by atoms with van der Waals surface area (Å²) in [6.07, 6.45) is 0.112. The van der Waals surface area contributed by atoms with Gasteiger partial charge in [-0.25, -0.2) is 9.78 Å². The molecule has 0 spiro atoms. The van der Waals surface area contributed by atoms with Gasteiger partial charge in [0, 0.05) is 22.3 Å². The number of amides is 3. The van der Waals surface area contributed by atoms with Gasteiger partial charge < -0.3 is 10.6 Å². The maximum absolute atomic E-state index is 12.6. The van der Waals surface area contributed by atoms with Crippen LogP contribution in [0.15, 0.2) is 84.2 Å². The molecule has 32 heavy (non-hydrogen) atoms. The minimum Gasteiger partial charge on any atom is -0.325 e. The lowest BCUT2D eigenvalue weighted by Gasteiger charge is -2.11. The second-order valence-electron chi connectivity index (χ2n) is 7.23. The van der Waals surface area contributed by atoms with Gasteiger partial charge in [0.15, 0.2) is 5.13 Å². The highest BCUT2D eigenvalue weighted by Gasteiger charge is 2.12. The second-order valence-corrected chi connectivity index (χ2v) is 8.08. The molecule has 0 saturated heterocycles. The largest absolute Gasteiger partial charge is 0.325 e. The molecule has 4 aromatic rings. The van der Waals surface area contributed by atoms with Crippen molar-refractivity contribution in [3.8, 4) is 11.1 Å². The summed E-state index contributed by atoms with van der Waals surface area (Å²) in [4.78, 5) is 29.2. The summed E-state index contributed by atoms with van der Waals surface area (Å²) in [5.74, 6) is -0.172. The van der Waals surface area contributed by atoms with Gasteiger partial charge in [-0.2, -0.15) is 0 Å². The topological polar surface area (TPSA) is 83.1 Å². The molecule has 7 heteroatoms. The monoisotopic (exact) mass is 442 g/mol. The molecule has 4 rings (SSSR count). The predicted octanol–water partition coefficient (Wildman–Crippen LogP) is 5.94. The molecule has 0 unspecified atom stereocenters. The average Bonchev–Trinajstić information content (AvgIpc) is 3.22. The number of benzene rings is 3. The van der Waals surface area contributed by atoms with Crippen molar-refractivity contribution in [2.24, 2.45) is 0 Å². The third-order valence-electron chi connectivity index (χ3n) is 4.71. The Labute approximate surface area is 190 Å². The summed E-state index contributed by atoms with van der Waals surface area (Å²) < 4.78 is 0. The van der Waals surface area contributed by atoms with Crippen LogP contribution in [0, 0.1) is 6.92 Å². The summed E-state index contributed by atoms with van der Waals surface area (Å²) in [5, 5.41) is 10.6. The molecular formula is C25H22N4O2S. The van der Waals surface area contributed by atoms with Crippen molar-refractivity contribution in [3.63, 3.8) is 0 Å². The molecule has 1 heterocycles. The van der Waals surface area contributed by atoms with Crippen LogP contribution in [0.2, 0.25) is 0 Å². The zero-order valence-corrected chi connectivity index (χ0v) is 18.3. The van der Waals surface area contributed by atoms with Crippen LogP contribution in [-0.2, 0) is 11.2 Å². The molecule has 1 aromatic heterocycles. The third-order valence-corrected chi connectivity index (χ3v) is 5.52. The van der Waals surface area contributed by atoms with E-state index in [0.29, 0.717) is 16.5 Å². The summed E-state index contributed by atoms with van der Waals surface area (Å²) in [6, 6.07) is 24.7. The van der Waals surface area contributed by atoms with E-state index in [-0.39, 0.29) is 18.4 Å². The molecule has 3 amide bonds. The van der Waals surface area contributed by atoms with Crippen molar-refractivity contribution in [2.75, 3.05) is 16.0 Å². The molecule has 0 aliphatic carbocycles. The zero-order valence-electron chi connectivity index (χ0n) is 17.5. The predicted molar refractivity (Wildman–Crippen MR) is 130 cm³/mol. The zero-order chi connectivity index (χ0) is 22.3. The summed E-state index contributed by atoms with van der Waals surface area (Å²) in [7, 11) is 0.